The molecular weight excluding hydrogens is 360 g/mol. The molecule has 0 fully saturated rings. The van der Waals surface area contributed by atoms with Crippen molar-refractivity contribution in [2.75, 3.05) is 0 Å². The van der Waals surface area contributed by atoms with E-state index in [0.29, 0.717) is 5.02 Å². The fourth-order valence-corrected chi connectivity index (χ4v) is 3.91. The summed E-state index contributed by atoms with van der Waals surface area (Å²) in [5, 5.41) is 7.21. The van der Waals surface area contributed by atoms with Crippen molar-refractivity contribution in [1.82, 2.24) is 20.2 Å². The summed E-state index contributed by atoms with van der Waals surface area (Å²) in [5.41, 5.74) is 5.36. The van der Waals surface area contributed by atoms with Crippen molar-refractivity contribution in [3.8, 4) is 0 Å². The first-order chi connectivity index (χ1) is 13.0. The number of carbonyl (C=O) groups is 1. The van der Waals surface area contributed by atoms with Crippen molar-refractivity contribution in [3.63, 3.8) is 0 Å². The number of dihydropyridines is 1. The number of nitrogens with one attached hydrogen (secondary N) is 2. The van der Waals surface area contributed by atoms with Crippen molar-refractivity contribution in [3.05, 3.63) is 82.6 Å². The molecule has 0 radical (unpaired) electrons. The van der Waals surface area contributed by atoms with Crippen LogP contribution in [0, 0.1) is 0 Å². The minimum absolute atomic E-state index is 0.0953. The van der Waals surface area contributed by atoms with Gasteiger partial charge in [-0.25, -0.2) is 4.98 Å². The van der Waals surface area contributed by atoms with E-state index < -0.39 is 0 Å². The molecular formula is C21H21ClN4O. The number of imidazole rings is 1. The van der Waals surface area contributed by atoms with Crippen LogP contribution in [0.4, 0.5) is 0 Å². The third-order valence-electron chi connectivity index (χ3n) is 5.02. The van der Waals surface area contributed by atoms with Crippen molar-refractivity contribution in [1.29, 1.82) is 0 Å². The van der Waals surface area contributed by atoms with E-state index in [4.69, 9.17) is 11.6 Å². The maximum absolute atomic E-state index is 12.0. The zero-order chi connectivity index (χ0) is 19.0. The zero-order valence-corrected chi connectivity index (χ0v) is 16.0. The van der Waals surface area contributed by atoms with Crippen LogP contribution in [0.1, 0.15) is 29.8 Å². The van der Waals surface area contributed by atoms with Crippen LogP contribution in [-0.4, -0.2) is 21.5 Å². The van der Waals surface area contributed by atoms with E-state index in [-0.39, 0.29) is 18.0 Å². The van der Waals surface area contributed by atoms with E-state index in [0.717, 1.165) is 23.3 Å². The Bertz CT molecular complexity index is 986. The Kier molecular flexibility index (Phi) is 4.62. The molecule has 27 heavy (non-hydrogen) atoms. The highest BCUT2D eigenvalue weighted by molar-refractivity contribution is 6.30. The number of allylic oxidation sites excluding steroid dienone is 2. The molecule has 1 aromatic heterocycles. The predicted molar refractivity (Wildman–Crippen MR) is 107 cm³/mol. The van der Waals surface area contributed by atoms with Crippen LogP contribution < -0.4 is 10.6 Å². The summed E-state index contributed by atoms with van der Waals surface area (Å²) in [6.07, 6.45) is 12.6. The standard InChI is InChI=1S/C21H21ClN4O/c1-13(27)25-21(20-11-23-12-26(20)2)18-8-15-4-3-7-24-19(15)9-14-5-6-16(22)10-17(14)18/h3-8,10-12,19,21,24H,9H2,1-2H3,(H,25,27). The second-order valence-corrected chi connectivity index (χ2v) is 7.35. The number of hydrogen-bond acceptors (Lipinski definition) is 3. The number of fused-ring (bicyclic) bond motifs is 2. The number of carbonyl (C=O) groups excluding carboxylic acids is 1. The van der Waals surface area contributed by atoms with Gasteiger partial charge in [-0.05, 0) is 53.1 Å². The van der Waals surface area contributed by atoms with Crippen molar-refractivity contribution >= 4 is 23.1 Å². The minimum atomic E-state index is -0.322. The first-order valence-electron chi connectivity index (χ1n) is 8.89. The molecule has 0 saturated heterocycles. The lowest BCUT2D eigenvalue weighted by molar-refractivity contribution is -0.119. The average molecular weight is 381 g/mol. The van der Waals surface area contributed by atoms with Crippen molar-refractivity contribution in [2.24, 2.45) is 7.05 Å². The summed E-state index contributed by atoms with van der Waals surface area (Å²) >= 11 is 6.34. The Hall–Kier alpha value is -2.79. The Balaban J connectivity index is 1.93. The maximum atomic E-state index is 12.0. The molecule has 0 spiro atoms. The number of aryl methyl sites for hydroxylation is 1. The largest absolute Gasteiger partial charge is 0.384 e. The average Bonchev–Trinajstić information content (AvgIpc) is 2.98. The summed E-state index contributed by atoms with van der Waals surface area (Å²) in [4.78, 5) is 16.3. The number of aromatic nitrogens is 2. The third kappa shape index (κ3) is 3.43. The Morgan fingerprint density at radius 1 is 1.44 bits per heavy atom. The second kappa shape index (κ2) is 7.08. The van der Waals surface area contributed by atoms with E-state index in [1.807, 2.05) is 36.0 Å². The summed E-state index contributed by atoms with van der Waals surface area (Å²) in [7, 11) is 1.93. The number of benzene rings is 1. The third-order valence-corrected chi connectivity index (χ3v) is 5.26. The first-order valence-corrected chi connectivity index (χ1v) is 9.27. The molecule has 1 amide bonds. The molecule has 2 N–H and O–H groups in total. The van der Waals surface area contributed by atoms with Gasteiger partial charge in [-0.15, -0.1) is 0 Å². The van der Waals surface area contributed by atoms with E-state index in [9.17, 15) is 4.79 Å². The molecule has 0 saturated carbocycles. The quantitative estimate of drug-likeness (QED) is 0.858. The van der Waals surface area contributed by atoms with E-state index in [2.05, 4.69) is 33.8 Å². The molecule has 4 rings (SSSR count). The molecule has 1 aliphatic carbocycles. The lowest BCUT2D eigenvalue weighted by Crippen LogP contribution is -2.29. The van der Waals surface area contributed by atoms with Gasteiger partial charge in [0.05, 0.1) is 30.3 Å². The molecule has 0 bridgehead atoms. The van der Waals surface area contributed by atoms with Gasteiger partial charge in [0.15, 0.2) is 0 Å². The predicted octanol–water partition coefficient (Wildman–Crippen LogP) is 3.30. The molecule has 1 aliphatic heterocycles. The van der Waals surface area contributed by atoms with Gasteiger partial charge >= 0.3 is 0 Å². The van der Waals surface area contributed by atoms with Gasteiger partial charge in [0.2, 0.25) is 5.91 Å². The first kappa shape index (κ1) is 17.6. The number of halogens is 1. The molecule has 2 aromatic rings. The van der Waals surface area contributed by atoms with Gasteiger partial charge in [0.25, 0.3) is 0 Å². The van der Waals surface area contributed by atoms with Crippen LogP contribution in [0.25, 0.3) is 5.57 Å². The molecule has 5 nitrogen and oxygen atoms in total. The van der Waals surface area contributed by atoms with Gasteiger partial charge in [-0.1, -0.05) is 29.8 Å². The SMILES string of the molecule is CC(=O)NC(C1=CC2=CC=CNC2Cc2ccc(Cl)cc21)c1cncn1C. The van der Waals surface area contributed by atoms with Crippen LogP contribution in [0.3, 0.4) is 0 Å². The lowest BCUT2D eigenvalue weighted by atomic mass is 9.92. The Morgan fingerprint density at radius 3 is 3.04 bits per heavy atom. The second-order valence-electron chi connectivity index (χ2n) is 6.91. The fourth-order valence-electron chi connectivity index (χ4n) is 3.74. The lowest BCUT2D eigenvalue weighted by Gasteiger charge is -2.23. The number of nitrogens with zero attached hydrogens (tertiary/aromatic N) is 2. The monoisotopic (exact) mass is 380 g/mol. The van der Waals surface area contributed by atoms with Crippen LogP contribution in [-0.2, 0) is 18.3 Å². The van der Waals surface area contributed by atoms with Crippen LogP contribution >= 0.6 is 11.6 Å². The smallest absolute Gasteiger partial charge is 0.217 e. The highest BCUT2D eigenvalue weighted by Crippen LogP contribution is 2.38. The molecule has 138 valence electrons. The van der Waals surface area contributed by atoms with E-state index in [1.54, 1.807) is 12.5 Å². The maximum Gasteiger partial charge on any atom is 0.217 e. The highest BCUT2D eigenvalue weighted by Gasteiger charge is 2.29. The van der Waals surface area contributed by atoms with E-state index >= 15 is 0 Å². The van der Waals surface area contributed by atoms with Gasteiger partial charge in [-0.3, -0.25) is 4.79 Å². The fraction of sp³-hybridized carbons (Fsp3) is 0.238. The van der Waals surface area contributed by atoms with Gasteiger partial charge in [-0.2, -0.15) is 0 Å². The molecule has 2 aliphatic rings. The van der Waals surface area contributed by atoms with Crippen LogP contribution in [0.15, 0.2) is 60.7 Å². The summed E-state index contributed by atoms with van der Waals surface area (Å²) in [6.45, 7) is 1.53. The van der Waals surface area contributed by atoms with Crippen LogP contribution in [0.2, 0.25) is 5.02 Å². The Morgan fingerprint density at radius 2 is 2.30 bits per heavy atom. The number of amides is 1. The summed E-state index contributed by atoms with van der Waals surface area (Å²) in [5.74, 6) is -0.0953. The molecule has 2 heterocycles. The topological polar surface area (TPSA) is 59.0 Å². The minimum Gasteiger partial charge on any atom is -0.384 e. The highest BCUT2D eigenvalue weighted by atomic mass is 35.5. The van der Waals surface area contributed by atoms with Crippen molar-refractivity contribution in [2.45, 2.75) is 25.4 Å². The van der Waals surface area contributed by atoms with Gasteiger partial charge in [0.1, 0.15) is 0 Å². The molecule has 2 atom stereocenters. The number of hydrogen-bond donors (Lipinski definition) is 2. The van der Waals surface area contributed by atoms with Crippen LogP contribution in [0.5, 0.6) is 0 Å². The summed E-state index contributed by atoms with van der Waals surface area (Å²) in [6, 6.07) is 5.85. The molecule has 1 aromatic carbocycles. The van der Waals surface area contributed by atoms with Gasteiger partial charge in [0, 0.05) is 19.0 Å². The molecule has 2 unspecified atom stereocenters. The molecule has 6 heteroatoms. The number of rotatable bonds is 3. The van der Waals surface area contributed by atoms with Crippen molar-refractivity contribution < 1.29 is 4.79 Å². The summed E-state index contributed by atoms with van der Waals surface area (Å²) < 4.78 is 1.93. The zero-order valence-electron chi connectivity index (χ0n) is 15.2. The normalized spacial score (nSPS) is 19.0. The van der Waals surface area contributed by atoms with Gasteiger partial charge < -0.3 is 15.2 Å². The van der Waals surface area contributed by atoms with E-state index in [1.165, 1.54) is 18.1 Å². The Labute approximate surface area is 163 Å².